The smallest absolute Gasteiger partial charge is 0.169 e. The average Bonchev–Trinajstić information content (AvgIpc) is 3.46. The Bertz CT molecular complexity index is 1010. The molecule has 1 aromatic carbocycles. The zero-order valence-electron chi connectivity index (χ0n) is 22.8. The number of aryl methyl sites for hydroxylation is 1. The summed E-state index contributed by atoms with van der Waals surface area (Å²) in [4.78, 5) is 2.10. The molecule has 6 rings (SSSR count). The van der Waals surface area contributed by atoms with Crippen LogP contribution in [0.4, 0.5) is 5.69 Å². The molecule has 0 aromatic heterocycles. The molecule has 1 N–H and O–H groups in total. The Kier molecular flexibility index (Phi) is 7.55. The third-order valence-corrected chi connectivity index (χ3v) is 10.1. The molecule has 0 amide bonds. The van der Waals surface area contributed by atoms with Crippen LogP contribution in [0.15, 0.2) is 35.4 Å². The number of hydrogen-bond donors (Lipinski definition) is 1. The summed E-state index contributed by atoms with van der Waals surface area (Å²) in [5.41, 5.74) is 6.54. The third-order valence-electron chi connectivity index (χ3n) is 10.1. The van der Waals surface area contributed by atoms with Gasteiger partial charge in [-0.05, 0) is 87.2 Å². The Morgan fingerprint density at radius 2 is 1.69 bits per heavy atom. The Labute approximate surface area is 218 Å². The van der Waals surface area contributed by atoms with Gasteiger partial charge in [0.05, 0.1) is 13.2 Å². The summed E-state index contributed by atoms with van der Waals surface area (Å²) in [5.74, 6) is 8.89. The van der Waals surface area contributed by atoms with Crippen LogP contribution < -0.4 is 4.90 Å². The molecule has 5 atom stereocenters. The molecule has 4 aliphatic carbocycles. The summed E-state index contributed by atoms with van der Waals surface area (Å²) < 4.78 is 12.0. The van der Waals surface area contributed by atoms with Gasteiger partial charge >= 0.3 is 0 Å². The van der Waals surface area contributed by atoms with Crippen molar-refractivity contribution >= 4 is 5.69 Å². The van der Waals surface area contributed by atoms with Crippen molar-refractivity contribution in [3.8, 4) is 11.8 Å². The van der Waals surface area contributed by atoms with E-state index in [-0.39, 0.29) is 12.4 Å². The summed E-state index contributed by atoms with van der Waals surface area (Å²) in [5, 5.41) is 9.11. The van der Waals surface area contributed by atoms with Gasteiger partial charge in [-0.3, -0.25) is 0 Å². The van der Waals surface area contributed by atoms with Crippen LogP contribution in [0.1, 0.15) is 70.3 Å². The largest absolute Gasteiger partial charge is 0.384 e. The number of hydrogen-bond acceptors (Lipinski definition) is 4. The summed E-state index contributed by atoms with van der Waals surface area (Å²) >= 11 is 0. The number of fused-ring (bicyclic) bond motifs is 4. The van der Waals surface area contributed by atoms with Gasteiger partial charge in [0.1, 0.15) is 6.61 Å². The van der Waals surface area contributed by atoms with Crippen LogP contribution in [-0.4, -0.2) is 44.8 Å². The molecular weight excluding hydrogens is 446 g/mol. The maximum Gasteiger partial charge on any atom is 0.169 e. The highest BCUT2D eigenvalue weighted by Crippen LogP contribution is 2.63. The van der Waals surface area contributed by atoms with E-state index in [1.165, 1.54) is 56.2 Å². The number of nitrogens with zero attached hydrogens (tertiary/aromatic N) is 1. The molecular formula is C32H45NO3. The van der Waals surface area contributed by atoms with E-state index < -0.39 is 0 Å². The monoisotopic (exact) mass is 491 g/mol. The average molecular weight is 492 g/mol. The van der Waals surface area contributed by atoms with Crippen molar-refractivity contribution in [1.82, 2.24) is 0 Å². The Morgan fingerprint density at radius 3 is 2.39 bits per heavy atom. The van der Waals surface area contributed by atoms with Crippen molar-refractivity contribution in [3.63, 3.8) is 0 Å². The van der Waals surface area contributed by atoms with E-state index in [2.05, 4.69) is 54.9 Å². The quantitative estimate of drug-likeness (QED) is 0.380. The second-order valence-electron chi connectivity index (χ2n) is 12.2. The molecule has 4 heteroatoms. The van der Waals surface area contributed by atoms with Crippen molar-refractivity contribution in [2.75, 3.05) is 38.8 Å². The summed E-state index contributed by atoms with van der Waals surface area (Å²) in [6.45, 7) is 6.14. The van der Waals surface area contributed by atoms with E-state index in [9.17, 15) is 0 Å². The van der Waals surface area contributed by atoms with Gasteiger partial charge in [-0.15, -0.1) is 0 Å². The first-order valence-electron chi connectivity index (χ1n) is 14.2. The maximum absolute atomic E-state index is 9.11. The van der Waals surface area contributed by atoms with Gasteiger partial charge in [0.25, 0.3) is 0 Å². The third kappa shape index (κ3) is 4.87. The molecule has 1 aromatic rings. The van der Waals surface area contributed by atoms with Crippen LogP contribution in [0.25, 0.3) is 0 Å². The standard InChI is InChI=1S/C23H32O3.C9H13N/c1-22-10-8-19-18-9-11-23(25-13-14-26-23)15-16(18)4-6-20(19)21(22)7-5-17(22)3-2-12-24;1-8-4-6-9(7-5-8)10(2)3/h16-17,20-21,24H,4-15H2,1H3;4-7H,1-3H3/t16?,17?,20?,21?,22-;/m0./s1. The number of anilines is 1. The highest BCUT2D eigenvalue weighted by molar-refractivity contribution is 5.45. The van der Waals surface area contributed by atoms with E-state index in [1.807, 2.05) is 19.7 Å². The van der Waals surface area contributed by atoms with E-state index in [4.69, 9.17) is 14.6 Å². The van der Waals surface area contributed by atoms with Crippen LogP contribution in [0.5, 0.6) is 0 Å². The summed E-state index contributed by atoms with van der Waals surface area (Å²) in [6, 6.07) is 8.48. The molecule has 0 bridgehead atoms. The van der Waals surface area contributed by atoms with Crippen molar-refractivity contribution < 1.29 is 14.6 Å². The highest BCUT2D eigenvalue weighted by atomic mass is 16.7. The highest BCUT2D eigenvalue weighted by Gasteiger charge is 2.54. The van der Waals surface area contributed by atoms with Crippen LogP contribution in [-0.2, 0) is 9.47 Å². The SMILES string of the molecule is C[C@@]12CCC3=C4CCC5(CC4CCC3C1CCC2C#CCO)OCCO5.Cc1ccc(N(C)C)cc1. The van der Waals surface area contributed by atoms with Gasteiger partial charge in [-0.2, -0.15) is 0 Å². The first kappa shape index (κ1) is 25.8. The van der Waals surface area contributed by atoms with E-state index in [1.54, 1.807) is 5.57 Å². The zero-order valence-corrected chi connectivity index (χ0v) is 22.8. The van der Waals surface area contributed by atoms with Crippen molar-refractivity contribution in [1.29, 1.82) is 0 Å². The molecule has 1 heterocycles. The van der Waals surface area contributed by atoms with Crippen LogP contribution in [0, 0.1) is 47.9 Å². The Hall–Kier alpha value is -1.80. The molecule has 4 fully saturated rings. The van der Waals surface area contributed by atoms with Crippen LogP contribution in [0.2, 0.25) is 0 Å². The Morgan fingerprint density at radius 1 is 0.972 bits per heavy atom. The molecule has 4 nitrogen and oxygen atoms in total. The first-order chi connectivity index (χ1) is 17.3. The van der Waals surface area contributed by atoms with Gasteiger partial charge in [-0.25, -0.2) is 0 Å². The molecule has 36 heavy (non-hydrogen) atoms. The number of aliphatic hydroxyl groups excluding tert-OH is 1. The molecule has 1 aliphatic heterocycles. The molecule has 3 saturated carbocycles. The fraction of sp³-hybridized carbons (Fsp3) is 0.688. The van der Waals surface area contributed by atoms with Crippen LogP contribution in [0.3, 0.4) is 0 Å². The number of allylic oxidation sites excluding steroid dienone is 2. The summed E-state index contributed by atoms with van der Waals surface area (Å²) in [6.07, 6.45) is 11.1. The second-order valence-corrected chi connectivity index (χ2v) is 12.2. The van der Waals surface area contributed by atoms with Gasteiger partial charge < -0.3 is 19.5 Å². The minimum Gasteiger partial charge on any atom is -0.384 e. The lowest BCUT2D eigenvalue weighted by Gasteiger charge is -2.51. The van der Waals surface area contributed by atoms with Gasteiger partial charge in [0, 0.05) is 38.5 Å². The lowest BCUT2D eigenvalue weighted by molar-refractivity contribution is -0.181. The zero-order chi connectivity index (χ0) is 25.3. The van der Waals surface area contributed by atoms with E-state index >= 15 is 0 Å². The topological polar surface area (TPSA) is 41.9 Å². The minimum absolute atomic E-state index is 0.00352. The van der Waals surface area contributed by atoms with Crippen molar-refractivity contribution in [2.24, 2.45) is 29.1 Å². The van der Waals surface area contributed by atoms with E-state index in [0.717, 1.165) is 37.9 Å². The van der Waals surface area contributed by atoms with Crippen molar-refractivity contribution in [3.05, 3.63) is 41.0 Å². The maximum atomic E-state index is 9.11. The molecule has 5 aliphatic rings. The molecule has 1 saturated heterocycles. The predicted octanol–water partition coefficient (Wildman–Crippen LogP) is 6.12. The lowest BCUT2D eigenvalue weighted by atomic mass is 9.55. The second kappa shape index (κ2) is 10.5. The minimum atomic E-state index is -0.247. The van der Waals surface area contributed by atoms with Gasteiger partial charge in [0.2, 0.25) is 0 Å². The number of ether oxygens (including phenoxy) is 2. The van der Waals surface area contributed by atoms with E-state index in [0.29, 0.717) is 17.3 Å². The fourth-order valence-electron chi connectivity index (χ4n) is 8.11. The summed E-state index contributed by atoms with van der Waals surface area (Å²) in [7, 11) is 4.09. The first-order valence-corrected chi connectivity index (χ1v) is 14.2. The number of rotatable bonds is 1. The Balaban J connectivity index is 0.000000226. The van der Waals surface area contributed by atoms with Crippen molar-refractivity contribution in [2.45, 2.75) is 77.4 Å². The fourth-order valence-corrected chi connectivity index (χ4v) is 8.11. The number of benzene rings is 1. The molecule has 196 valence electrons. The van der Waals surface area contributed by atoms with Gasteiger partial charge in [0.15, 0.2) is 5.79 Å². The molecule has 0 radical (unpaired) electrons. The normalized spacial score (nSPS) is 34.0. The van der Waals surface area contributed by atoms with Crippen LogP contribution >= 0.6 is 0 Å². The predicted molar refractivity (Wildman–Crippen MR) is 146 cm³/mol. The molecule has 4 unspecified atom stereocenters. The number of aliphatic hydroxyl groups is 1. The lowest BCUT2D eigenvalue weighted by Crippen LogP contribution is -2.43. The molecule has 1 spiro atoms. The van der Waals surface area contributed by atoms with Gasteiger partial charge in [-0.1, -0.05) is 47.6 Å².